The summed E-state index contributed by atoms with van der Waals surface area (Å²) in [6.45, 7) is 7.78. The Balaban J connectivity index is 0.00000289. The third-order valence-corrected chi connectivity index (χ3v) is 6.90. The third kappa shape index (κ3) is 6.92. The molecular weight excluding hydrogens is 533 g/mol. The summed E-state index contributed by atoms with van der Waals surface area (Å²) < 4.78 is 0. The zero-order valence-corrected chi connectivity index (χ0v) is 21.8. The van der Waals surface area contributed by atoms with Crippen LogP contribution in [-0.4, -0.2) is 49.5 Å². The molecule has 8 heteroatoms. The molecule has 1 saturated heterocycles. The number of rotatable bonds is 7. The number of nitrogens with one attached hydrogen (secondary N) is 3. The highest BCUT2D eigenvalue weighted by Gasteiger charge is 2.25. The van der Waals surface area contributed by atoms with E-state index in [2.05, 4.69) is 51.4 Å². The van der Waals surface area contributed by atoms with Gasteiger partial charge in [-0.1, -0.05) is 24.3 Å². The maximum atomic E-state index is 12.1. The van der Waals surface area contributed by atoms with Gasteiger partial charge in [-0.3, -0.25) is 14.7 Å². The number of benzene rings is 1. The van der Waals surface area contributed by atoms with Gasteiger partial charge in [0.1, 0.15) is 0 Å². The summed E-state index contributed by atoms with van der Waals surface area (Å²) in [5.74, 6) is 1.68. The van der Waals surface area contributed by atoms with Gasteiger partial charge in [0.2, 0.25) is 5.91 Å². The Kier molecular flexibility index (Phi) is 9.80. The number of nitrogens with zero attached hydrogens (tertiary/aromatic N) is 2. The van der Waals surface area contributed by atoms with Crippen molar-refractivity contribution in [1.82, 2.24) is 15.5 Å². The minimum atomic E-state index is 0. The van der Waals surface area contributed by atoms with E-state index in [0.29, 0.717) is 18.9 Å². The molecule has 0 radical (unpaired) electrons. The molecule has 1 aromatic carbocycles. The highest BCUT2D eigenvalue weighted by atomic mass is 127. The Morgan fingerprint density at radius 1 is 1.25 bits per heavy atom. The summed E-state index contributed by atoms with van der Waals surface area (Å²) >= 11 is 1.84. The van der Waals surface area contributed by atoms with E-state index in [-0.39, 0.29) is 35.8 Å². The van der Waals surface area contributed by atoms with E-state index in [1.807, 2.05) is 29.5 Å². The van der Waals surface area contributed by atoms with Gasteiger partial charge in [-0.25, -0.2) is 0 Å². The number of thiophene rings is 1. The quantitative estimate of drug-likeness (QED) is 0.266. The van der Waals surface area contributed by atoms with E-state index < -0.39 is 0 Å². The van der Waals surface area contributed by atoms with Crippen LogP contribution >= 0.6 is 35.3 Å². The predicted octanol–water partition coefficient (Wildman–Crippen LogP) is 4.26. The molecule has 0 spiro atoms. The second-order valence-corrected chi connectivity index (χ2v) is 9.49. The van der Waals surface area contributed by atoms with Crippen molar-refractivity contribution in [2.75, 3.05) is 38.0 Å². The summed E-state index contributed by atoms with van der Waals surface area (Å²) in [5.41, 5.74) is 2.13. The van der Waals surface area contributed by atoms with Crippen LogP contribution in [0.4, 0.5) is 5.69 Å². The highest BCUT2D eigenvalue weighted by Crippen LogP contribution is 2.31. The van der Waals surface area contributed by atoms with Crippen molar-refractivity contribution >= 4 is 52.9 Å². The van der Waals surface area contributed by atoms with E-state index in [0.717, 1.165) is 37.8 Å². The van der Waals surface area contributed by atoms with Crippen LogP contribution in [-0.2, 0) is 11.3 Å². The van der Waals surface area contributed by atoms with Crippen molar-refractivity contribution < 1.29 is 4.79 Å². The second kappa shape index (κ2) is 12.6. The van der Waals surface area contributed by atoms with Crippen molar-refractivity contribution in [2.24, 2.45) is 10.9 Å². The number of halogens is 1. The number of hydrogen-bond donors (Lipinski definition) is 3. The van der Waals surface area contributed by atoms with Gasteiger partial charge in [-0.05, 0) is 55.3 Å². The molecule has 3 heterocycles. The normalized spacial score (nSPS) is 21.3. The Morgan fingerprint density at radius 2 is 2.12 bits per heavy atom. The predicted molar refractivity (Wildman–Crippen MR) is 144 cm³/mol. The molecule has 0 saturated carbocycles. The van der Waals surface area contributed by atoms with E-state index in [1.54, 1.807) is 0 Å². The number of likely N-dealkylation sites (tertiary alicyclic amines) is 1. The third-order valence-electron chi connectivity index (χ3n) is 6.04. The molecule has 174 valence electrons. The van der Waals surface area contributed by atoms with Gasteiger partial charge >= 0.3 is 0 Å². The zero-order chi connectivity index (χ0) is 21.5. The summed E-state index contributed by atoms with van der Waals surface area (Å²) in [6.07, 6.45) is 2.98. The van der Waals surface area contributed by atoms with Crippen LogP contribution in [0.3, 0.4) is 0 Å². The molecule has 32 heavy (non-hydrogen) atoms. The van der Waals surface area contributed by atoms with Gasteiger partial charge in [0, 0.05) is 55.6 Å². The fourth-order valence-corrected chi connectivity index (χ4v) is 5.28. The molecule has 4 rings (SSSR count). The fourth-order valence-electron chi connectivity index (χ4n) is 4.53. The second-order valence-electron chi connectivity index (χ2n) is 8.46. The average Bonchev–Trinajstić information content (AvgIpc) is 3.28. The first-order chi connectivity index (χ1) is 15.2. The van der Waals surface area contributed by atoms with Crippen LogP contribution in [0.1, 0.15) is 42.5 Å². The maximum absolute atomic E-state index is 12.1. The van der Waals surface area contributed by atoms with Crippen LogP contribution in [0, 0.1) is 5.92 Å². The lowest BCUT2D eigenvalue weighted by molar-refractivity contribution is -0.116. The number of para-hydroxylation sites is 1. The van der Waals surface area contributed by atoms with Crippen molar-refractivity contribution in [1.29, 1.82) is 0 Å². The number of hydrogen-bond acceptors (Lipinski definition) is 4. The number of guanidine groups is 1. The lowest BCUT2D eigenvalue weighted by Gasteiger charge is -2.31. The smallest absolute Gasteiger partial charge is 0.225 e. The molecule has 6 nitrogen and oxygen atoms in total. The summed E-state index contributed by atoms with van der Waals surface area (Å²) in [4.78, 5) is 21.0. The fraction of sp³-hybridized carbons (Fsp3) is 0.500. The van der Waals surface area contributed by atoms with E-state index in [9.17, 15) is 4.79 Å². The Bertz CT molecular complexity index is 888. The molecule has 2 aliphatic rings. The van der Waals surface area contributed by atoms with Crippen molar-refractivity contribution in [2.45, 2.75) is 38.6 Å². The Labute approximate surface area is 212 Å². The molecule has 2 aromatic rings. The number of piperidine rings is 1. The van der Waals surface area contributed by atoms with Crippen molar-refractivity contribution in [3.8, 4) is 0 Å². The monoisotopic (exact) mass is 567 g/mol. The highest BCUT2D eigenvalue weighted by molar-refractivity contribution is 14.0. The standard InChI is InChI=1S/C24H33N5OS.HI/c1-2-25-24(27-15-19-13-23(30)28-22-10-4-3-9-21(19)22)26-14-18-7-5-11-29(16-18)17-20-8-6-12-31-20;/h3-4,6,8-10,12,18-19H,2,5,7,11,13-17H2,1H3,(H,28,30)(H2,25,26,27);1H. The number of amides is 1. The summed E-state index contributed by atoms with van der Waals surface area (Å²) in [7, 11) is 0. The van der Waals surface area contributed by atoms with Gasteiger partial charge in [-0.2, -0.15) is 0 Å². The molecular formula is C24H34IN5OS. The van der Waals surface area contributed by atoms with Gasteiger partial charge < -0.3 is 16.0 Å². The van der Waals surface area contributed by atoms with Gasteiger partial charge in [0.25, 0.3) is 0 Å². The Hall–Kier alpha value is -1.65. The van der Waals surface area contributed by atoms with Crippen LogP contribution in [0.2, 0.25) is 0 Å². The molecule has 1 amide bonds. The maximum Gasteiger partial charge on any atom is 0.225 e. The number of fused-ring (bicyclic) bond motifs is 1. The summed E-state index contributed by atoms with van der Waals surface area (Å²) in [6, 6.07) is 12.4. The number of aliphatic imine (C=N–C) groups is 1. The molecule has 2 unspecified atom stereocenters. The minimum absolute atomic E-state index is 0. The van der Waals surface area contributed by atoms with Crippen LogP contribution in [0.15, 0.2) is 46.8 Å². The first-order valence-corrected chi connectivity index (χ1v) is 12.2. The van der Waals surface area contributed by atoms with Gasteiger partial charge in [0.05, 0.1) is 0 Å². The van der Waals surface area contributed by atoms with E-state index in [1.165, 1.54) is 29.8 Å². The first kappa shape index (κ1) is 25.0. The van der Waals surface area contributed by atoms with Crippen molar-refractivity contribution in [3.05, 3.63) is 52.2 Å². The first-order valence-electron chi connectivity index (χ1n) is 11.4. The Morgan fingerprint density at radius 3 is 2.94 bits per heavy atom. The van der Waals surface area contributed by atoms with Crippen LogP contribution in [0.5, 0.6) is 0 Å². The van der Waals surface area contributed by atoms with E-state index >= 15 is 0 Å². The number of anilines is 1. The summed E-state index contributed by atoms with van der Waals surface area (Å²) in [5, 5.41) is 12.0. The lowest BCUT2D eigenvalue weighted by atomic mass is 9.90. The van der Waals surface area contributed by atoms with Crippen LogP contribution < -0.4 is 16.0 Å². The molecule has 2 aliphatic heterocycles. The van der Waals surface area contributed by atoms with Crippen LogP contribution in [0.25, 0.3) is 0 Å². The molecule has 1 aromatic heterocycles. The number of carbonyl (C=O) groups excluding carboxylic acids is 1. The SMILES string of the molecule is CCNC(=NCC1CCCN(Cc2cccs2)C1)NCC1CC(=O)Nc2ccccc21.I. The van der Waals surface area contributed by atoms with E-state index in [4.69, 9.17) is 4.99 Å². The molecule has 0 bridgehead atoms. The lowest BCUT2D eigenvalue weighted by Crippen LogP contribution is -2.41. The number of carbonyl (C=O) groups is 1. The molecule has 3 N–H and O–H groups in total. The molecule has 0 aliphatic carbocycles. The minimum Gasteiger partial charge on any atom is -0.357 e. The molecule has 1 fully saturated rings. The largest absolute Gasteiger partial charge is 0.357 e. The van der Waals surface area contributed by atoms with Crippen molar-refractivity contribution in [3.63, 3.8) is 0 Å². The molecule has 2 atom stereocenters. The average molecular weight is 568 g/mol. The topological polar surface area (TPSA) is 68.8 Å². The van der Waals surface area contributed by atoms with Gasteiger partial charge in [0.15, 0.2) is 5.96 Å². The van der Waals surface area contributed by atoms with Gasteiger partial charge in [-0.15, -0.1) is 35.3 Å². The zero-order valence-electron chi connectivity index (χ0n) is 18.7.